The van der Waals surface area contributed by atoms with Crippen molar-refractivity contribution >= 4 is 17.8 Å². The second kappa shape index (κ2) is 8.06. The lowest BCUT2D eigenvalue weighted by molar-refractivity contribution is -0.149. The standard InChI is InChI=1S/C24H22O6/c1-14(2)28-23(25)13-27-18-8-9-19-21(12-18)30-22(24(19)26)11-17-10-16-6-4-5-7-20(16)29-15(17)3/h4-12,14-15H,13H2,1-3H3/b22-11+/t15-/m1/s1. The molecular formula is C24H22O6. The number of carbonyl (C=O) groups excluding carboxylic acids is 2. The van der Waals surface area contributed by atoms with Gasteiger partial charge < -0.3 is 18.9 Å². The van der Waals surface area contributed by atoms with Gasteiger partial charge in [-0.3, -0.25) is 4.79 Å². The van der Waals surface area contributed by atoms with E-state index in [1.165, 1.54) is 0 Å². The largest absolute Gasteiger partial charge is 0.485 e. The van der Waals surface area contributed by atoms with Crippen LogP contribution >= 0.6 is 0 Å². The third-order valence-corrected chi connectivity index (χ3v) is 4.68. The minimum atomic E-state index is -0.457. The summed E-state index contributed by atoms with van der Waals surface area (Å²) in [5.41, 5.74) is 2.25. The normalized spacial score (nSPS) is 18.3. The minimum Gasteiger partial charge on any atom is -0.485 e. The molecule has 0 N–H and O–H groups in total. The van der Waals surface area contributed by atoms with Crippen LogP contribution in [-0.4, -0.2) is 30.6 Å². The van der Waals surface area contributed by atoms with Gasteiger partial charge in [0.25, 0.3) is 0 Å². The highest BCUT2D eigenvalue weighted by molar-refractivity contribution is 6.12. The van der Waals surface area contributed by atoms with Gasteiger partial charge in [0.05, 0.1) is 11.7 Å². The van der Waals surface area contributed by atoms with Crippen LogP contribution in [0.1, 0.15) is 36.7 Å². The summed E-state index contributed by atoms with van der Waals surface area (Å²) in [6.07, 6.45) is 3.29. The Kier molecular flexibility index (Phi) is 5.31. The summed E-state index contributed by atoms with van der Waals surface area (Å²) in [5.74, 6) is 1.19. The van der Waals surface area contributed by atoms with E-state index in [0.29, 0.717) is 17.1 Å². The topological polar surface area (TPSA) is 71.1 Å². The molecule has 2 aliphatic rings. The van der Waals surface area contributed by atoms with Gasteiger partial charge in [-0.1, -0.05) is 18.2 Å². The van der Waals surface area contributed by atoms with Crippen molar-refractivity contribution in [2.75, 3.05) is 6.61 Å². The van der Waals surface area contributed by atoms with Crippen LogP contribution in [0, 0.1) is 0 Å². The Hall–Kier alpha value is -3.54. The van der Waals surface area contributed by atoms with Gasteiger partial charge in [-0.15, -0.1) is 0 Å². The van der Waals surface area contributed by atoms with Crippen molar-refractivity contribution in [1.82, 2.24) is 0 Å². The van der Waals surface area contributed by atoms with E-state index >= 15 is 0 Å². The lowest BCUT2D eigenvalue weighted by Crippen LogP contribution is -2.18. The zero-order valence-electron chi connectivity index (χ0n) is 17.0. The summed E-state index contributed by atoms with van der Waals surface area (Å²) >= 11 is 0. The van der Waals surface area contributed by atoms with Gasteiger partial charge in [-0.05, 0) is 56.7 Å². The molecule has 2 heterocycles. The van der Waals surface area contributed by atoms with Crippen molar-refractivity contribution in [3.63, 3.8) is 0 Å². The van der Waals surface area contributed by atoms with Gasteiger partial charge >= 0.3 is 5.97 Å². The van der Waals surface area contributed by atoms with E-state index in [0.717, 1.165) is 16.9 Å². The van der Waals surface area contributed by atoms with Gasteiger partial charge in [-0.2, -0.15) is 0 Å². The van der Waals surface area contributed by atoms with E-state index in [2.05, 4.69) is 0 Å². The van der Waals surface area contributed by atoms with E-state index in [1.807, 2.05) is 37.3 Å². The molecule has 0 amide bonds. The molecule has 1 atom stereocenters. The average molecular weight is 406 g/mol. The van der Waals surface area contributed by atoms with Crippen molar-refractivity contribution in [3.05, 3.63) is 71.0 Å². The molecule has 0 aromatic heterocycles. The summed E-state index contributed by atoms with van der Waals surface area (Å²) in [7, 11) is 0. The number of ether oxygens (including phenoxy) is 4. The molecule has 0 bridgehead atoms. The van der Waals surface area contributed by atoms with E-state index in [-0.39, 0.29) is 30.4 Å². The summed E-state index contributed by atoms with van der Waals surface area (Å²) in [5, 5.41) is 0. The zero-order valence-corrected chi connectivity index (χ0v) is 17.0. The first kappa shape index (κ1) is 19.8. The Bertz CT molecular complexity index is 1060. The summed E-state index contributed by atoms with van der Waals surface area (Å²) < 4.78 is 22.2. The third-order valence-electron chi connectivity index (χ3n) is 4.68. The van der Waals surface area contributed by atoms with Crippen LogP contribution < -0.4 is 14.2 Å². The molecule has 154 valence electrons. The summed E-state index contributed by atoms with van der Waals surface area (Å²) in [6.45, 7) is 5.25. The molecule has 6 nitrogen and oxygen atoms in total. The number of allylic oxidation sites excluding steroid dienone is 1. The van der Waals surface area contributed by atoms with Crippen molar-refractivity contribution < 1.29 is 28.5 Å². The van der Waals surface area contributed by atoms with Crippen LogP contribution in [-0.2, 0) is 9.53 Å². The molecule has 0 saturated carbocycles. The number of hydrogen-bond acceptors (Lipinski definition) is 6. The lowest BCUT2D eigenvalue weighted by Gasteiger charge is -2.22. The van der Waals surface area contributed by atoms with Crippen LogP contribution in [0.2, 0.25) is 0 Å². The molecule has 30 heavy (non-hydrogen) atoms. The zero-order chi connectivity index (χ0) is 21.3. The maximum atomic E-state index is 12.7. The van der Waals surface area contributed by atoms with Gasteiger partial charge in [0.2, 0.25) is 5.78 Å². The maximum absolute atomic E-state index is 12.7. The number of carbonyl (C=O) groups is 2. The monoisotopic (exact) mass is 406 g/mol. The van der Waals surface area contributed by atoms with Gasteiger partial charge in [-0.25, -0.2) is 4.79 Å². The van der Waals surface area contributed by atoms with Crippen molar-refractivity contribution in [2.24, 2.45) is 0 Å². The first-order valence-electron chi connectivity index (χ1n) is 9.78. The summed E-state index contributed by atoms with van der Waals surface area (Å²) in [6, 6.07) is 12.6. The van der Waals surface area contributed by atoms with Crippen LogP contribution in [0.25, 0.3) is 6.08 Å². The van der Waals surface area contributed by atoms with Crippen LogP contribution in [0.5, 0.6) is 17.2 Å². The quantitative estimate of drug-likeness (QED) is 0.543. The number of Topliss-reactive ketones (excluding diaryl/α,β-unsaturated/α-hetero) is 1. The van der Waals surface area contributed by atoms with Crippen LogP contribution in [0.4, 0.5) is 0 Å². The van der Waals surface area contributed by atoms with Crippen molar-refractivity contribution in [2.45, 2.75) is 33.0 Å². The fourth-order valence-corrected chi connectivity index (χ4v) is 3.27. The second-order valence-electron chi connectivity index (χ2n) is 7.37. The molecule has 2 aromatic carbocycles. The number of benzene rings is 2. The average Bonchev–Trinajstić information content (AvgIpc) is 3.01. The number of esters is 1. The number of para-hydroxylation sites is 1. The highest BCUT2D eigenvalue weighted by atomic mass is 16.6. The predicted molar refractivity (Wildman–Crippen MR) is 111 cm³/mol. The molecule has 0 fully saturated rings. The molecule has 6 heteroatoms. The molecule has 0 radical (unpaired) electrons. The Morgan fingerprint density at radius 2 is 1.97 bits per heavy atom. The van der Waals surface area contributed by atoms with E-state index in [1.54, 1.807) is 38.1 Å². The number of rotatable bonds is 5. The lowest BCUT2D eigenvalue weighted by atomic mass is 10.0. The molecular weight excluding hydrogens is 384 g/mol. The van der Waals surface area contributed by atoms with Gasteiger partial charge in [0, 0.05) is 11.6 Å². The van der Waals surface area contributed by atoms with Gasteiger partial charge in [0.1, 0.15) is 23.4 Å². The molecule has 2 aromatic rings. The van der Waals surface area contributed by atoms with E-state index < -0.39 is 5.97 Å². The molecule has 2 aliphatic heterocycles. The Morgan fingerprint density at radius 1 is 1.17 bits per heavy atom. The maximum Gasteiger partial charge on any atom is 0.344 e. The third kappa shape index (κ3) is 4.08. The van der Waals surface area contributed by atoms with E-state index in [4.69, 9.17) is 18.9 Å². The van der Waals surface area contributed by atoms with Crippen molar-refractivity contribution in [3.8, 4) is 17.2 Å². The Morgan fingerprint density at radius 3 is 2.77 bits per heavy atom. The Balaban J connectivity index is 1.51. The number of fused-ring (bicyclic) bond motifs is 2. The molecule has 0 aliphatic carbocycles. The highest BCUT2D eigenvalue weighted by Gasteiger charge is 2.29. The first-order chi connectivity index (χ1) is 14.4. The smallest absolute Gasteiger partial charge is 0.344 e. The van der Waals surface area contributed by atoms with Crippen LogP contribution in [0.3, 0.4) is 0 Å². The first-order valence-corrected chi connectivity index (χ1v) is 9.78. The SMILES string of the molecule is CC(C)OC(=O)COc1ccc2c(c1)O/C(=C/C1=Cc3ccccc3O[C@@H]1C)C2=O. The fraction of sp³-hybridized carbons (Fsp3) is 0.250. The number of ketones is 1. The fourth-order valence-electron chi connectivity index (χ4n) is 3.27. The van der Waals surface area contributed by atoms with Gasteiger partial charge in [0.15, 0.2) is 12.4 Å². The van der Waals surface area contributed by atoms with Crippen LogP contribution in [0.15, 0.2) is 59.9 Å². The molecule has 0 spiro atoms. The molecule has 0 saturated heterocycles. The minimum absolute atomic E-state index is 0.206. The molecule has 0 unspecified atom stereocenters. The Labute approximate surface area is 174 Å². The predicted octanol–water partition coefficient (Wildman–Crippen LogP) is 4.34. The molecule has 4 rings (SSSR count). The summed E-state index contributed by atoms with van der Waals surface area (Å²) in [4.78, 5) is 24.4. The highest BCUT2D eigenvalue weighted by Crippen LogP contribution is 2.36. The number of hydrogen-bond donors (Lipinski definition) is 0. The van der Waals surface area contributed by atoms with Crippen molar-refractivity contribution in [1.29, 1.82) is 0 Å². The van der Waals surface area contributed by atoms with E-state index in [9.17, 15) is 9.59 Å². The second-order valence-corrected chi connectivity index (χ2v) is 7.37.